The molecule has 1 aliphatic heterocycles. The van der Waals surface area contributed by atoms with E-state index in [2.05, 4.69) is 4.89 Å². The van der Waals surface area contributed by atoms with E-state index in [0.29, 0.717) is 6.42 Å². The highest BCUT2D eigenvalue weighted by Crippen LogP contribution is 2.23. The van der Waals surface area contributed by atoms with Crippen molar-refractivity contribution in [1.29, 1.82) is 0 Å². The molecule has 4 N–H and O–H groups in total. The molecule has 0 aromatic heterocycles. The van der Waals surface area contributed by atoms with Crippen molar-refractivity contribution in [3.8, 4) is 0 Å². The lowest BCUT2D eigenvalue weighted by molar-refractivity contribution is -0.293. The van der Waals surface area contributed by atoms with E-state index < -0.39 is 42.9 Å². The first-order valence-corrected chi connectivity index (χ1v) is 14.0. The summed E-state index contributed by atoms with van der Waals surface area (Å²) in [6.45, 7) is 9.38. The molecule has 1 fully saturated rings. The van der Waals surface area contributed by atoms with Gasteiger partial charge in [-0.25, -0.2) is 4.89 Å². The molecule has 226 valence electrons. The third-order valence-electron chi connectivity index (χ3n) is 6.89. The van der Waals surface area contributed by atoms with Gasteiger partial charge >= 0.3 is 0 Å². The molecule has 10 atom stereocenters. The highest BCUT2D eigenvalue weighted by atomic mass is 17.1. The average Bonchev–Trinajstić information content (AvgIpc) is 2.94. The molecule has 0 radical (unpaired) electrons. The third kappa shape index (κ3) is 14.5. The number of rotatable bonds is 17. The van der Waals surface area contributed by atoms with Gasteiger partial charge in [-0.15, -0.1) is 0 Å². The van der Waals surface area contributed by atoms with Gasteiger partial charge < -0.3 is 29.5 Å². The quantitative estimate of drug-likeness (QED) is 0.110. The lowest BCUT2D eigenvalue weighted by Crippen LogP contribution is -2.48. The minimum Gasteiger partial charge on any atom is -0.392 e. The summed E-state index contributed by atoms with van der Waals surface area (Å²) >= 11 is 0. The van der Waals surface area contributed by atoms with Gasteiger partial charge in [0.05, 0.1) is 36.6 Å². The number of hydrogen-bond acceptors (Lipinski definition) is 8. The van der Waals surface area contributed by atoms with Crippen LogP contribution in [0.1, 0.15) is 47.5 Å². The van der Waals surface area contributed by atoms with E-state index in [0.717, 1.165) is 0 Å². The summed E-state index contributed by atoms with van der Waals surface area (Å²) in [5.41, 5.74) is 0. The van der Waals surface area contributed by atoms with Crippen molar-refractivity contribution < 1.29 is 39.7 Å². The van der Waals surface area contributed by atoms with Gasteiger partial charge in [-0.1, -0.05) is 98.9 Å². The van der Waals surface area contributed by atoms with Crippen LogP contribution in [0.5, 0.6) is 0 Å². The zero-order chi connectivity index (χ0) is 29.9. The van der Waals surface area contributed by atoms with Gasteiger partial charge in [0, 0.05) is 31.8 Å². The lowest BCUT2D eigenvalue weighted by Gasteiger charge is -2.37. The summed E-state index contributed by atoms with van der Waals surface area (Å²) in [4.78, 5) is 4.37. The second-order valence-corrected chi connectivity index (χ2v) is 10.3. The van der Waals surface area contributed by atoms with Crippen LogP contribution in [0.4, 0.5) is 0 Å². The molecule has 1 heterocycles. The van der Waals surface area contributed by atoms with Gasteiger partial charge in [0.25, 0.3) is 0 Å². The van der Waals surface area contributed by atoms with Crippen LogP contribution in [0.15, 0.2) is 85.1 Å². The highest BCUT2D eigenvalue weighted by Gasteiger charge is 2.35. The molecule has 0 unspecified atom stereocenters. The van der Waals surface area contributed by atoms with Gasteiger partial charge in [0.1, 0.15) is 6.10 Å². The second-order valence-electron chi connectivity index (χ2n) is 10.3. The molecule has 0 aromatic carbocycles. The average molecular weight is 563 g/mol. The Kier molecular flexibility index (Phi) is 18.6. The molecule has 0 spiro atoms. The van der Waals surface area contributed by atoms with Crippen molar-refractivity contribution in [3.63, 3.8) is 0 Å². The molecule has 0 amide bonds. The van der Waals surface area contributed by atoms with E-state index in [-0.39, 0.29) is 24.4 Å². The standard InChI is InChI=1S/C32H50O8/c1-23(31(35)25(3)26(4)37-6)19-17-15-13-11-9-7-8-10-12-14-16-18-20-28(21-24(2)40-36)39-32-30(34)22-29(33)27(5)38-32/h7-20,23-36H,21-22H2,1-6H3/b8-7+,11-9+,12-10+,15-13+,16-14+,19-17+,20-18+/t23-,24+,25-,26-,27-,28-,29-,30-,31+,32+/m0/s1. The van der Waals surface area contributed by atoms with E-state index in [4.69, 9.17) is 19.5 Å². The molecule has 0 bridgehead atoms. The summed E-state index contributed by atoms with van der Waals surface area (Å²) in [6, 6.07) is 0. The largest absolute Gasteiger partial charge is 0.392 e. The summed E-state index contributed by atoms with van der Waals surface area (Å²) < 4.78 is 16.8. The first-order valence-electron chi connectivity index (χ1n) is 14.0. The Bertz CT molecular complexity index is 874. The molecule has 1 rings (SSSR count). The molecule has 8 heteroatoms. The van der Waals surface area contributed by atoms with Gasteiger partial charge in [-0.2, -0.15) is 0 Å². The number of ether oxygens (including phenoxy) is 3. The minimum absolute atomic E-state index is 0.00425. The molecule has 40 heavy (non-hydrogen) atoms. The number of methoxy groups -OCH3 is 1. The Hall–Kier alpha value is -2.14. The predicted octanol–water partition coefficient (Wildman–Crippen LogP) is 5.06. The van der Waals surface area contributed by atoms with Crippen LogP contribution in [0.2, 0.25) is 0 Å². The van der Waals surface area contributed by atoms with Crippen LogP contribution in [-0.2, 0) is 19.1 Å². The van der Waals surface area contributed by atoms with Crippen molar-refractivity contribution >= 4 is 0 Å². The zero-order valence-electron chi connectivity index (χ0n) is 24.7. The molecule has 0 aliphatic carbocycles. The molecular weight excluding hydrogens is 512 g/mol. The van der Waals surface area contributed by atoms with Gasteiger partial charge in [0.15, 0.2) is 6.29 Å². The van der Waals surface area contributed by atoms with E-state index in [1.807, 2.05) is 99.8 Å². The van der Waals surface area contributed by atoms with Gasteiger partial charge in [-0.3, -0.25) is 5.26 Å². The summed E-state index contributed by atoms with van der Waals surface area (Å²) in [6.07, 6.45) is 22.7. The maximum atomic E-state index is 10.4. The van der Waals surface area contributed by atoms with Crippen LogP contribution in [0.3, 0.4) is 0 Å². The smallest absolute Gasteiger partial charge is 0.184 e. The van der Waals surface area contributed by atoms with Crippen LogP contribution in [0.25, 0.3) is 0 Å². The van der Waals surface area contributed by atoms with Crippen LogP contribution < -0.4 is 0 Å². The predicted molar refractivity (Wildman–Crippen MR) is 158 cm³/mol. The third-order valence-corrected chi connectivity index (χ3v) is 6.89. The Labute approximate surface area is 240 Å². The van der Waals surface area contributed by atoms with Crippen LogP contribution in [-0.4, -0.2) is 76.7 Å². The summed E-state index contributed by atoms with van der Waals surface area (Å²) in [5, 5.41) is 39.4. The van der Waals surface area contributed by atoms with Crippen molar-refractivity contribution in [2.45, 2.75) is 96.5 Å². The molecule has 1 saturated heterocycles. The van der Waals surface area contributed by atoms with Gasteiger partial charge in [0.2, 0.25) is 0 Å². The SMILES string of the molecule is CO[C@@H](C)[C@H](C)[C@H](O)[C@@H](C)/C=C/C=C/C=C/C=C/C=C/C=C/C=C/[C@@H](C[C@@H](C)OO)O[C@H]1O[C@@H](C)[C@@H](O)C[C@@H]1O. The lowest BCUT2D eigenvalue weighted by atomic mass is 9.89. The Balaban J connectivity index is 2.47. The Morgan fingerprint density at radius 1 is 0.800 bits per heavy atom. The molecule has 1 aliphatic rings. The van der Waals surface area contributed by atoms with Crippen molar-refractivity contribution in [1.82, 2.24) is 0 Å². The summed E-state index contributed by atoms with van der Waals surface area (Å²) in [7, 11) is 1.66. The molecule has 8 nitrogen and oxygen atoms in total. The van der Waals surface area contributed by atoms with E-state index in [1.54, 1.807) is 27.0 Å². The second kappa shape index (κ2) is 20.7. The molecule has 0 saturated carbocycles. The fraction of sp³-hybridized carbons (Fsp3) is 0.562. The topological polar surface area (TPSA) is 118 Å². The molecular formula is C32H50O8. The normalized spacial score (nSPS) is 27.6. The van der Waals surface area contributed by atoms with Crippen LogP contribution in [0, 0.1) is 11.8 Å². The van der Waals surface area contributed by atoms with Gasteiger partial charge in [-0.05, 0) is 20.8 Å². The van der Waals surface area contributed by atoms with Crippen molar-refractivity contribution in [2.75, 3.05) is 7.11 Å². The van der Waals surface area contributed by atoms with Crippen molar-refractivity contribution in [3.05, 3.63) is 85.1 Å². The Morgan fingerprint density at radius 2 is 1.30 bits per heavy atom. The maximum absolute atomic E-state index is 10.4. The number of allylic oxidation sites excluding steroid dienone is 12. The fourth-order valence-electron chi connectivity index (χ4n) is 3.94. The first kappa shape index (κ1) is 35.9. The summed E-state index contributed by atoms with van der Waals surface area (Å²) in [5.74, 6) is 0.0829. The first-order chi connectivity index (χ1) is 19.1. The molecule has 0 aromatic rings. The zero-order valence-corrected chi connectivity index (χ0v) is 24.7. The fourth-order valence-corrected chi connectivity index (χ4v) is 3.94. The van der Waals surface area contributed by atoms with E-state index in [9.17, 15) is 15.3 Å². The number of aliphatic hydroxyl groups excluding tert-OH is 3. The monoisotopic (exact) mass is 562 g/mol. The number of hydrogen-bond donors (Lipinski definition) is 4. The maximum Gasteiger partial charge on any atom is 0.184 e. The van der Waals surface area contributed by atoms with E-state index >= 15 is 0 Å². The number of aliphatic hydroxyl groups is 3. The van der Waals surface area contributed by atoms with Crippen LogP contribution >= 0.6 is 0 Å². The van der Waals surface area contributed by atoms with Crippen molar-refractivity contribution in [2.24, 2.45) is 11.8 Å². The Morgan fingerprint density at radius 3 is 1.80 bits per heavy atom. The van der Waals surface area contributed by atoms with E-state index in [1.165, 1.54) is 0 Å². The highest BCUT2D eigenvalue weighted by molar-refractivity contribution is 5.21. The minimum atomic E-state index is -0.944.